The highest BCUT2D eigenvalue weighted by atomic mass is 19.1. The molecule has 2 aromatic carbocycles. The van der Waals surface area contributed by atoms with Crippen molar-refractivity contribution in [1.29, 1.82) is 0 Å². The van der Waals surface area contributed by atoms with Crippen LogP contribution in [0, 0.1) is 12.7 Å². The van der Waals surface area contributed by atoms with Crippen LogP contribution in [0.15, 0.2) is 36.4 Å². The molecule has 5 heteroatoms. The fourth-order valence-electron chi connectivity index (χ4n) is 3.15. The number of carbonyl (C=O) groups is 1. The number of benzene rings is 2. The van der Waals surface area contributed by atoms with E-state index in [1.54, 1.807) is 6.07 Å². The van der Waals surface area contributed by atoms with Crippen LogP contribution in [0.4, 0.5) is 4.39 Å². The van der Waals surface area contributed by atoms with E-state index in [1.807, 2.05) is 39.0 Å². The average molecular weight is 343 g/mol. The smallest absolute Gasteiger partial charge is 0.251 e. The lowest BCUT2D eigenvalue weighted by molar-refractivity contribution is 0.0619. The van der Waals surface area contributed by atoms with Gasteiger partial charge < -0.3 is 14.8 Å². The molecular weight excluding hydrogens is 321 g/mol. The lowest BCUT2D eigenvalue weighted by atomic mass is 9.88. The largest absolute Gasteiger partial charge is 0.494 e. The van der Waals surface area contributed by atoms with Gasteiger partial charge in [0.05, 0.1) is 13.2 Å². The number of nitrogens with one attached hydrogen (secondary N) is 1. The van der Waals surface area contributed by atoms with Crippen molar-refractivity contribution in [3.05, 3.63) is 58.9 Å². The number of hydrogen-bond donors (Lipinski definition) is 1. The Morgan fingerprint density at radius 2 is 2.04 bits per heavy atom. The first-order valence-electron chi connectivity index (χ1n) is 8.23. The SMILES string of the molecule is COc1ccc(C(=O)N[C@@H]2CC(C)(C)Oc3ccc(C)cc32)cc1F. The Morgan fingerprint density at radius 1 is 1.28 bits per heavy atom. The molecule has 4 nitrogen and oxygen atoms in total. The van der Waals surface area contributed by atoms with Crippen molar-refractivity contribution in [1.82, 2.24) is 5.32 Å². The summed E-state index contributed by atoms with van der Waals surface area (Å²) in [5, 5.41) is 3.01. The summed E-state index contributed by atoms with van der Waals surface area (Å²) in [6.07, 6.45) is 0.633. The van der Waals surface area contributed by atoms with Crippen molar-refractivity contribution in [2.75, 3.05) is 7.11 Å². The number of rotatable bonds is 3. The highest BCUT2D eigenvalue weighted by Crippen LogP contribution is 2.40. The van der Waals surface area contributed by atoms with Crippen LogP contribution in [0.25, 0.3) is 0 Å². The molecule has 0 spiro atoms. The average Bonchev–Trinajstić information content (AvgIpc) is 2.54. The zero-order chi connectivity index (χ0) is 18.2. The second-order valence-electron chi connectivity index (χ2n) is 6.98. The Kier molecular flexibility index (Phi) is 4.41. The Morgan fingerprint density at radius 3 is 2.72 bits per heavy atom. The summed E-state index contributed by atoms with van der Waals surface area (Å²) in [4.78, 5) is 12.6. The molecule has 1 aliphatic heterocycles. The lowest BCUT2D eigenvalue weighted by Crippen LogP contribution is -2.41. The van der Waals surface area contributed by atoms with Gasteiger partial charge in [-0.05, 0) is 45.0 Å². The number of ether oxygens (including phenoxy) is 2. The van der Waals surface area contributed by atoms with E-state index in [4.69, 9.17) is 9.47 Å². The van der Waals surface area contributed by atoms with Crippen molar-refractivity contribution in [3.63, 3.8) is 0 Å². The zero-order valence-electron chi connectivity index (χ0n) is 14.9. The summed E-state index contributed by atoms with van der Waals surface area (Å²) in [6.45, 7) is 5.97. The molecule has 0 radical (unpaired) electrons. The van der Waals surface area contributed by atoms with Crippen LogP contribution in [-0.2, 0) is 0 Å². The molecule has 0 bridgehead atoms. The number of carbonyl (C=O) groups excluding carboxylic acids is 1. The van der Waals surface area contributed by atoms with Crippen LogP contribution in [-0.4, -0.2) is 18.6 Å². The van der Waals surface area contributed by atoms with Gasteiger partial charge in [-0.1, -0.05) is 17.7 Å². The van der Waals surface area contributed by atoms with Crippen molar-refractivity contribution in [2.45, 2.75) is 38.8 Å². The van der Waals surface area contributed by atoms with Gasteiger partial charge in [-0.2, -0.15) is 0 Å². The second-order valence-corrected chi connectivity index (χ2v) is 6.98. The fourth-order valence-corrected chi connectivity index (χ4v) is 3.15. The van der Waals surface area contributed by atoms with Crippen LogP contribution in [0.3, 0.4) is 0 Å². The molecule has 3 rings (SSSR count). The topological polar surface area (TPSA) is 47.6 Å². The number of halogens is 1. The molecule has 132 valence electrons. The van der Waals surface area contributed by atoms with E-state index in [1.165, 1.54) is 19.2 Å². The van der Waals surface area contributed by atoms with Gasteiger partial charge in [0.15, 0.2) is 11.6 Å². The third-order valence-electron chi connectivity index (χ3n) is 4.34. The van der Waals surface area contributed by atoms with E-state index in [0.29, 0.717) is 6.42 Å². The maximum atomic E-state index is 13.9. The number of amides is 1. The predicted molar refractivity (Wildman–Crippen MR) is 93.7 cm³/mol. The third kappa shape index (κ3) is 3.60. The highest BCUT2D eigenvalue weighted by Gasteiger charge is 2.34. The van der Waals surface area contributed by atoms with E-state index in [-0.39, 0.29) is 23.3 Å². The fraction of sp³-hybridized carbons (Fsp3) is 0.350. The number of fused-ring (bicyclic) bond motifs is 1. The van der Waals surface area contributed by atoms with Crippen molar-refractivity contribution >= 4 is 5.91 Å². The molecule has 0 fully saturated rings. The van der Waals surface area contributed by atoms with Gasteiger partial charge in [-0.3, -0.25) is 4.79 Å². The summed E-state index contributed by atoms with van der Waals surface area (Å²) in [6, 6.07) is 9.93. The Bertz CT molecular complexity index is 817. The van der Waals surface area contributed by atoms with E-state index in [0.717, 1.165) is 16.9 Å². The molecule has 0 saturated heterocycles. The van der Waals surface area contributed by atoms with Crippen molar-refractivity contribution < 1.29 is 18.7 Å². The van der Waals surface area contributed by atoms with Gasteiger partial charge in [0.25, 0.3) is 5.91 Å². The maximum Gasteiger partial charge on any atom is 0.251 e. The minimum absolute atomic E-state index is 0.115. The lowest BCUT2D eigenvalue weighted by Gasteiger charge is -2.38. The minimum Gasteiger partial charge on any atom is -0.494 e. The summed E-state index contributed by atoms with van der Waals surface area (Å²) < 4.78 is 24.8. The van der Waals surface area contributed by atoms with Gasteiger partial charge in [0.1, 0.15) is 11.4 Å². The zero-order valence-corrected chi connectivity index (χ0v) is 14.9. The molecule has 25 heavy (non-hydrogen) atoms. The first kappa shape index (κ1) is 17.3. The second kappa shape index (κ2) is 6.39. The summed E-state index contributed by atoms with van der Waals surface area (Å²) in [7, 11) is 1.39. The monoisotopic (exact) mass is 343 g/mol. The van der Waals surface area contributed by atoms with E-state index < -0.39 is 11.4 Å². The van der Waals surface area contributed by atoms with Gasteiger partial charge in [0, 0.05) is 17.5 Å². The number of aryl methyl sites for hydroxylation is 1. The van der Waals surface area contributed by atoms with Crippen molar-refractivity contribution in [3.8, 4) is 11.5 Å². The third-order valence-corrected chi connectivity index (χ3v) is 4.34. The van der Waals surface area contributed by atoms with Crippen molar-refractivity contribution in [2.24, 2.45) is 0 Å². The molecule has 1 aliphatic rings. The summed E-state index contributed by atoms with van der Waals surface area (Å²) in [5.74, 6) is 0.00759. The number of hydrogen-bond acceptors (Lipinski definition) is 3. The minimum atomic E-state index is -0.557. The van der Waals surface area contributed by atoms with E-state index in [2.05, 4.69) is 5.32 Å². The van der Waals surface area contributed by atoms with Gasteiger partial charge in [0.2, 0.25) is 0 Å². The molecular formula is C20H22FNO3. The van der Waals surface area contributed by atoms with E-state index in [9.17, 15) is 9.18 Å². The molecule has 1 N–H and O–H groups in total. The maximum absolute atomic E-state index is 13.9. The van der Waals surface area contributed by atoms with Gasteiger partial charge >= 0.3 is 0 Å². The van der Waals surface area contributed by atoms with Gasteiger partial charge in [-0.25, -0.2) is 4.39 Å². The quantitative estimate of drug-likeness (QED) is 0.910. The molecule has 0 aromatic heterocycles. The molecule has 0 unspecified atom stereocenters. The Labute approximate surface area is 147 Å². The first-order valence-corrected chi connectivity index (χ1v) is 8.23. The molecule has 1 atom stereocenters. The standard InChI is InChI=1S/C20H22FNO3/c1-12-5-7-17-14(9-12)16(11-20(2,3)25-17)22-19(23)13-6-8-18(24-4)15(21)10-13/h5-10,16H,11H2,1-4H3,(H,22,23)/t16-/m1/s1. The van der Waals surface area contributed by atoms with Crippen LogP contribution in [0.2, 0.25) is 0 Å². The molecule has 0 aliphatic carbocycles. The van der Waals surface area contributed by atoms with Crippen LogP contribution in [0.1, 0.15) is 47.8 Å². The predicted octanol–water partition coefficient (Wildman–Crippen LogP) is 4.17. The van der Waals surface area contributed by atoms with E-state index >= 15 is 0 Å². The molecule has 1 amide bonds. The van der Waals surface area contributed by atoms with Crippen LogP contribution < -0.4 is 14.8 Å². The first-order chi connectivity index (χ1) is 11.8. The Hall–Kier alpha value is -2.56. The van der Waals surface area contributed by atoms with Crippen LogP contribution in [0.5, 0.6) is 11.5 Å². The summed E-state index contributed by atoms with van der Waals surface area (Å²) >= 11 is 0. The molecule has 1 heterocycles. The molecule has 0 saturated carbocycles. The normalized spacial score (nSPS) is 18.0. The Balaban J connectivity index is 1.88. The number of methoxy groups -OCH3 is 1. The summed E-state index contributed by atoms with van der Waals surface area (Å²) in [5.41, 5.74) is 1.90. The molecule has 2 aromatic rings. The van der Waals surface area contributed by atoms with Crippen LogP contribution >= 0.6 is 0 Å². The highest BCUT2D eigenvalue weighted by molar-refractivity contribution is 5.94. The van der Waals surface area contributed by atoms with Gasteiger partial charge in [-0.15, -0.1) is 0 Å².